The van der Waals surface area contributed by atoms with E-state index in [9.17, 15) is 9.59 Å². The van der Waals surface area contributed by atoms with Crippen LogP contribution in [0.2, 0.25) is 0 Å². The van der Waals surface area contributed by atoms with E-state index >= 15 is 0 Å². The first kappa shape index (κ1) is 29.3. The van der Waals surface area contributed by atoms with Gasteiger partial charge in [0.2, 0.25) is 11.8 Å². The van der Waals surface area contributed by atoms with Gasteiger partial charge < -0.3 is 26.2 Å². The van der Waals surface area contributed by atoms with Crippen LogP contribution in [-0.2, 0) is 27.5 Å². The topological polar surface area (TPSA) is 114 Å². The number of nitrogens with one attached hydrogen (secondary N) is 2. The lowest BCUT2D eigenvalue weighted by atomic mass is 10.0. The molecule has 2 atom stereocenters. The average Bonchev–Trinajstić information content (AvgIpc) is 2.82. The third-order valence-electron chi connectivity index (χ3n) is 5.00. The second kappa shape index (κ2) is 17.7. The van der Waals surface area contributed by atoms with Crippen LogP contribution in [0, 0.1) is 5.92 Å². The van der Waals surface area contributed by atoms with Gasteiger partial charge >= 0.3 is 0 Å². The molecule has 7 nitrogen and oxygen atoms in total. The molecule has 0 radical (unpaired) electrons. The van der Waals surface area contributed by atoms with Crippen molar-refractivity contribution < 1.29 is 19.4 Å². The molecule has 2 aromatic rings. The van der Waals surface area contributed by atoms with Gasteiger partial charge in [-0.2, -0.15) is 0 Å². The fraction of sp³-hybridized carbons (Fsp3) is 0.481. The van der Waals surface area contributed by atoms with Crippen LogP contribution in [0.4, 0.5) is 0 Å². The Morgan fingerprint density at radius 1 is 1.00 bits per heavy atom. The smallest absolute Gasteiger partial charge is 0.243 e. The lowest BCUT2D eigenvalue weighted by molar-refractivity contribution is -0.130. The lowest BCUT2D eigenvalue weighted by Gasteiger charge is -2.22. The Kier molecular flexibility index (Phi) is 15.2. The van der Waals surface area contributed by atoms with Crippen molar-refractivity contribution >= 4 is 11.8 Å². The average molecular weight is 472 g/mol. The molecule has 188 valence electrons. The summed E-state index contributed by atoms with van der Waals surface area (Å²) in [6, 6.07) is 19.0. The number of aliphatic hydroxyl groups excluding tert-OH is 1. The minimum Gasteiger partial charge on any atom is -0.397 e. The van der Waals surface area contributed by atoms with Gasteiger partial charge in [0.05, 0.1) is 13.2 Å². The molecule has 1 unspecified atom stereocenters. The number of carbonyl (C=O) groups is 2. The Morgan fingerprint density at radius 3 is 2.12 bits per heavy atom. The Morgan fingerprint density at radius 2 is 1.56 bits per heavy atom. The zero-order valence-electron chi connectivity index (χ0n) is 20.7. The van der Waals surface area contributed by atoms with Crippen LogP contribution < -0.4 is 16.4 Å². The van der Waals surface area contributed by atoms with Crippen molar-refractivity contribution in [2.45, 2.75) is 65.3 Å². The number of hydrogen-bond donors (Lipinski definition) is 4. The number of amides is 2. The first-order chi connectivity index (χ1) is 16.4. The van der Waals surface area contributed by atoms with E-state index in [1.807, 2.05) is 74.5 Å². The van der Waals surface area contributed by atoms with Crippen LogP contribution >= 0.6 is 0 Å². The van der Waals surface area contributed by atoms with E-state index in [0.29, 0.717) is 39.0 Å². The molecule has 2 rings (SSSR count). The quantitative estimate of drug-likeness (QED) is 0.358. The molecule has 5 N–H and O–H groups in total. The molecule has 0 bridgehead atoms. The predicted octanol–water partition coefficient (Wildman–Crippen LogP) is 3.16. The standard InChI is InChI=1S/C25H35N3O3.C2H6O/c1-19(2)24(25(30)27-16-20-10-5-3-6-11-20)28-23(29)15-9-14-22(26)18-31-17-21-12-7-4-8-13-21;1-2-3/h3-8,10-13,19,22,24H,9,14-18,26H2,1-2H3,(H,27,30)(H,28,29);3H,2H2,1H3/t22-,24?;/m1./s1. The van der Waals surface area contributed by atoms with E-state index in [1.165, 1.54) is 0 Å². The summed E-state index contributed by atoms with van der Waals surface area (Å²) in [4.78, 5) is 24.9. The van der Waals surface area contributed by atoms with Crippen molar-refractivity contribution in [2.75, 3.05) is 13.2 Å². The van der Waals surface area contributed by atoms with Gasteiger partial charge in [0.25, 0.3) is 0 Å². The maximum Gasteiger partial charge on any atom is 0.243 e. The van der Waals surface area contributed by atoms with Gasteiger partial charge in [0.1, 0.15) is 6.04 Å². The zero-order chi connectivity index (χ0) is 25.2. The number of rotatable bonds is 13. The summed E-state index contributed by atoms with van der Waals surface area (Å²) in [5.74, 6) is -0.308. The molecule has 0 saturated carbocycles. The molecular weight excluding hydrogens is 430 g/mol. The van der Waals surface area contributed by atoms with E-state index in [-0.39, 0.29) is 30.4 Å². The molecule has 7 heteroatoms. The predicted molar refractivity (Wildman–Crippen MR) is 136 cm³/mol. The Labute approximate surface area is 204 Å². The van der Waals surface area contributed by atoms with Gasteiger partial charge in [0, 0.05) is 25.6 Å². The second-order valence-electron chi connectivity index (χ2n) is 8.46. The van der Waals surface area contributed by atoms with E-state index in [2.05, 4.69) is 10.6 Å². The highest BCUT2D eigenvalue weighted by atomic mass is 16.5. The highest BCUT2D eigenvalue weighted by Crippen LogP contribution is 2.07. The lowest BCUT2D eigenvalue weighted by Crippen LogP contribution is -2.49. The molecule has 0 aliphatic rings. The van der Waals surface area contributed by atoms with Crippen molar-refractivity contribution in [3.8, 4) is 0 Å². The zero-order valence-corrected chi connectivity index (χ0v) is 20.7. The summed E-state index contributed by atoms with van der Waals surface area (Å²) in [5, 5.41) is 13.3. The summed E-state index contributed by atoms with van der Waals surface area (Å²) < 4.78 is 5.65. The molecule has 2 amide bonds. The molecule has 0 saturated heterocycles. The van der Waals surface area contributed by atoms with E-state index < -0.39 is 6.04 Å². The van der Waals surface area contributed by atoms with Crippen molar-refractivity contribution in [2.24, 2.45) is 11.7 Å². The number of aliphatic hydroxyl groups is 1. The van der Waals surface area contributed by atoms with Gasteiger partial charge in [-0.3, -0.25) is 9.59 Å². The minimum absolute atomic E-state index is 0.00614. The van der Waals surface area contributed by atoms with Gasteiger partial charge in [0.15, 0.2) is 0 Å². The first-order valence-electron chi connectivity index (χ1n) is 12.0. The fourth-order valence-corrected chi connectivity index (χ4v) is 3.19. The molecule has 34 heavy (non-hydrogen) atoms. The SMILES string of the molecule is CC(C)C(NC(=O)CCC[C@@H](N)COCc1ccccc1)C(=O)NCc1ccccc1.CCO. The molecule has 2 aromatic carbocycles. The third-order valence-corrected chi connectivity index (χ3v) is 5.00. The summed E-state index contributed by atoms with van der Waals surface area (Å²) in [7, 11) is 0. The van der Waals surface area contributed by atoms with Crippen LogP contribution in [0.25, 0.3) is 0 Å². The molecular formula is C27H41N3O4. The largest absolute Gasteiger partial charge is 0.397 e. The number of benzene rings is 2. The van der Waals surface area contributed by atoms with Crippen LogP contribution in [0.5, 0.6) is 0 Å². The Hall–Kier alpha value is -2.74. The van der Waals surface area contributed by atoms with Crippen LogP contribution in [0.1, 0.15) is 51.2 Å². The van der Waals surface area contributed by atoms with Gasteiger partial charge in [-0.1, -0.05) is 74.5 Å². The van der Waals surface area contributed by atoms with Crippen LogP contribution in [0.3, 0.4) is 0 Å². The van der Waals surface area contributed by atoms with Gasteiger partial charge in [-0.05, 0) is 36.8 Å². The maximum atomic E-state index is 12.5. The maximum absolute atomic E-state index is 12.5. The summed E-state index contributed by atoms with van der Waals surface area (Å²) in [6.45, 7) is 7.20. The Bertz CT molecular complexity index is 800. The highest BCUT2D eigenvalue weighted by Gasteiger charge is 2.23. The van der Waals surface area contributed by atoms with E-state index in [1.54, 1.807) is 6.92 Å². The summed E-state index contributed by atoms with van der Waals surface area (Å²) in [6.07, 6.45) is 1.68. The number of carbonyl (C=O) groups excluding carboxylic acids is 2. The van der Waals surface area contributed by atoms with Gasteiger partial charge in [-0.25, -0.2) is 0 Å². The van der Waals surface area contributed by atoms with Gasteiger partial charge in [-0.15, -0.1) is 0 Å². The Balaban J connectivity index is 0.00000182. The molecule has 0 aliphatic heterocycles. The third kappa shape index (κ3) is 13.1. The molecule has 0 aliphatic carbocycles. The fourth-order valence-electron chi connectivity index (χ4n) is 3.19. The van der Waals surface area contributed by atoms with Crippen LogP contribution in [0.15, 0.2) is 60.7 Å². The summed E-state index contributed by atoms with van der Waals surface area (Å²) >= 11 is 0. The monoisotopic (exact) mass is 471 g/mol. The second-order valence-corrected chi connectivity index (χ2v) is 8.46. The molecule has 0 fully saturated rings. The van der Waals surface area contributed by atoms with Crippen LogP contribution in [-0.4, -0.2) is 42.2 Å². The van der Waals surface area contributed by atoms with Crippen molar-refractivity contribution in [3.63, 3.8) is 0 Å². The molecule has 0 spiro atoms. The van der Waals surface area contributed by atoms with Crippen molar-refractivity contribution in [1.29, 1.82) is 0 Å². The highest BCUT2D eigenvalue weighted by molar-refractivity contribution is 5.87. The number of nitrogens with two attached hydrogens (primary N) is 1. The van der Waals surface area contributed by atoms with E-state index in [4.69, 9.17) is 15.6 Å². The van der Waals surface area contributed by atoms with Crippen molar-refractivity contribution in [1.82, 2.24) is 10.6 Å². The number of hydrogen-bond acceptors (Lipinski definition) is 5. The first-order valence-corrected chi connectivity index (χ1v) is 12.0. The number of ether oxygens (including phenoxy) is 1. The van der Waals surface area contributed by atoms with Crippen molar-refractivity contribution in [3.05, 3.63) is 71.8 Å². The minimum atomic E-state index is -0.556. The molecule has 0 aromatic heterocycles. The summed E-state index contributed by atoms with van der Waals surface area (Å²) in [5.41, 5.74) is 8.23. The van der Waals surface area contributed by atoms with E-state index in [0.717, 1.165) is 11.1 Å². The normalized spacial score (nSPS) is 12.3. The molecule has 0 heterocycles.